The molecule has 0 aliphatic rings. The predicted molar refractivity (Wildman–Crippen MR) is 100 cm³/mol. The monoisotopic (exact) mass is 378 g/mol. The molecule has 0 aromatic heterocycles. The van der Waals surface area contributed by atoms with Crippen molar-refractivity contribution in [1.29, 1.82) is 0 Å². The second-order valence-corrected chi connectivity index (χ2v) is 6.62. The van der Waals surface area contributed by atoms with E-state index in [9.17, 15) is 0 Å². The molecule has 0 radical (unpaired) electrons. The van der Waals surface area contributed by atoms with E-state index in [-0.39, 0.29) is 0 Å². The quantitative estimate of drug-likeness (QED) is 0.168. The lowest BCUT2D eigenvalue weighted by Gasteiger charge is -2.14. The van der Waals surface area contributed by atoms with Crippen LogP contribution >= 0.6 is 22.6 Å². The van der Waals surface area contributed by atoms with Crippen molar-refractivity contribution >= 4 is 65.7 Å². The molecule has 0 fully saturated rings. The van der Waals surface area contributed by atoms with Gasteiger partial charge in [0.2, 0.25) is 0 Å². The van der Waals surface area contributed by atoms with Gasteiger partial charge in [-0.3, -0.25) is 0 Å². The summed E-state index contributed by atoms with van der Waals surface area (Å²) in [6, 6.07) is 24.4. The van der Waals surface area contributed by atoms with E-state index in [0.29, 0.717) is 0 Å². The highest BCUT2D eigenvalue weighted by molar-refractivity contribution is 14.1. The molecule has 98 valence electrons. The van der Waals surface area contributed by atoms with Gasteiger partial charge in [-0.2, -0.15) is 0 Å². The molecule has 5 aromatic rings. The summed E-state index contributed by atoms with van der Waals surface area (Å²) in [5.41, 5.74) is 0. The van der Waals surface area contributed by atoms with Crippen molar-refractivity contribution in [2.75, 3.05) is 0 Å². The van der Waals surface area contributed by atoms with Gasteiger partial charge in [0.05, 0.1) is 0 Å². The third-order valence-corrected chi connectivity index (χ3v) is 5.63. The Kier molecular flexibility index (Phi) is 2.28. The number of benzene rings is 5. The van der Waals surface area contributed by atoms with Crippen LogP contribution < -0.4 is 0 Å². The van der Waals surface area contributed by atoms with E-state index >= 15 is 0 Å². The van der Waals surface area contributed by atoms with E-state index < -0.39 is 0 Å². The van der Waals surface area contributed by atoms with Crippen LogP contribution in [0.15, 0.2) is 66.7 Å². The van der Waals surface area contributed by atoms with Gasteiger partial charge in [0.25, 0.3) is 0 Å². The predicted octanol–water partition coefficient (Wildman–Crippen LogP) is 6.34. The minimum absolute atomic E-state index is 1.33. The topological polar surface area (TPSA) is 0 Å². The molecule has 21 heavy (non-hydrogen) atoms. The third-order valence-electron chi connectivity index (χ3n) is 4.47. The average molecular weight is 378 g/mol. The zero-order valence-electron chi connectivity index (χ0n) is 11.2. The average Bonchev–Trinajstić information content (AvgIpc) is 2.55. The number of hydrogen-bond acceptors (Lipinski definition) is 0. The van der Waals surface area contributed by atoms with Crippen LogP contribution in [0, 0.1) is 3.57 Å². The molecule has 1 heteroatoms. The van der Waals surface area contributed by atoms with Gasteiger partial charge in [0.15, 0.2) is 0 Å². The Morgan fingerprint density at radius 1 is 0.476 bits per heavy atom. The maximum Gasteiger partial charge on any atom is 0.0287 e. The second kappa shape index (κ2) is 4.08. The van der Waals surface area contributed by atoms with Crippen molar-refractivity contribution in [1.82, 2.24) is 0 Å². The number of halogens is 1. The number of fused-ring (bicyclic) bond motifs is 2. The summed E-state index contributed by atoms with van der Waals surface area (Å²) < 4.78 is 1.36. The van der Waals surface area contributed by atoms with Gasteiger partial charge in [0.1, 0.15) is 0 Å². The first-order chi connectivity index (χ1) is 10.3. The third kappa shape index (κ3) is 1.45. The fourth-order valence-electron chi connectivity index (χ4n) is 3.54. The standard InChI is InChI=1S/C20H11I/c21-20-16-7-2-1-6-14(16)15-10-8-12-4-3-5-13-9-11-17(20)19(15)18(12)13/h1-11H. The summed E-state index contributed by atoms with van der Waals surface area (Å²) in [5, 5.41) is 10.9. The second-order valence-electron chi connectivity index (χ2n) is 5.54. The fourth-order valence-corrected chi connectivity index (χ4v) is 4.46. The van der Waals surface area contributed by atoms with Crippen molar-refractivity contribution in [2.24, 2.45) is 0 Å². The summed E-state index contributed by atoms with van der Waals surface area (Å²) in [6.45, 7) is 0. The molecule has 0 aliphatic heterocycles. The van der Waals surface area contributed by atoms with Crippen LogP contribution in [0.4, 0.5) is 0 Å². The molecule has 0 bridgehead atoms. The van der Waals surface area contributed by atoms with Crippen molar-refractivity contribution in [3.05, 3.63) is 70.3 Å². The summed E-state index contributed by atoms with van der Waals surface area (Å²) >= 11 is 2.50. The van der Waals surface area contributed by atoms with Gasteiger partial charge in [-0.15, -0.1) is 0 Å². The van der Waals surface area contributed by atoms with E-state index in [4.69, 9.17) is 0 Å². The molecule has 0 amide bonds. The van der Waals surface area contributed by atoms with Gasteiger partial charge >= 0.3 is 0 Å². The van der Waals surface area contributed by atoms with Crippen molar-refractivity contribution in [2.45, 2.75) is 0 Å². The molecule has 0 saturated carbocycles. The molecule has 0 aliphatic carbocycles. The maximum atomic E-state index is 2.50. The van der Waals surface area contributed by atoms with Gasteiger partial charge < -0.3 is 0 Å². The van der Waals surface area contributed by atoms with E-state index in [1.165, 1.54) is 46.7 Å². The van der Waals surface area contributed by atoms with Crippen molar-refractivity contribution < 1.29 is 0 Å². The van der Waals surface area contributed by atoms with E-state index in [0.717, 1.165) is 0 Å². The fraction of sp³-hybridized carbons (Fsp3) is 0. The molecule has 0 N–H and O–H groups in total. The number of hydrogen-bond donors (Lipinski definition) is 0. The molecule has 0 nitrogen and oxygen atoms in total. The van der Waals surface area contributed by atoms with Gasteiger partial charge in [-0.25, -0.2) is 0 Å². The highest BCUT2D eigenvalue weighted by atomic mass is 127. The molecule has 0 unspecified atom stereocenters. The molecule has 0 heterocycles. The molecule has 0 saturated heterocycles. The highest BCUT2D eigenvalue weighted by Crippen LogP contribution is 2.40. The van der Waals surface area contributed by atoms with E-state index in [1.807, 2.05) is 0 Å². The number of rotatable bonds is 0. The molecular weight excluding hydrogens is 367 g/mol. The first-order valence-corrected chi connectivity index (χ1v) is 8.16. The normalized spacial score (nSPS) is 12.0. The molecule has 5 aromatic carbocycles. The van der Waals surface area contributed by atoms with Crippen molar-refractivity contribution in [3.8, 4) is 0 Å². The Hall–Kier alpha value is -1.87. The van der Waals surface area contributed by atoms with E-state index in [2.05, 4.69) is 89.3 Å². The minimum atomic E-state index is 1.33. The first-order valence-electron chi connectivity index (χ1n) is 7.08. The molecule has 5 rings (SSSR count). The van der Waals surface area contributed by atoms with Crippen LogP contribution in [-0.2, 0) is 0 Å². The van der Waals surface area contributed by atoms with Crippen molar-refractivity contribution in [3.63, 3.8) is 0 Å². The van der Waals surface area contributed by atoms with E-state index in [1.54, 1.807) is 0 Å². The lowest BCUT2D eigenvalue weighted by molar-refractivity contribution is 1.76. The van der Waals surface area contributed by atoms with Gasteiger partial charge in [0, 0.05) is 3.57 Å². The van der Waals surface area contributed by atoms with Gasteiger partial charge in [-0.1, -0.05) is 66.7 Å². The van der Waals surface area contributed by atoms with Crippen LogP contribution in [0.2, 0.25) is 0 Å². The smallest absolute Gasteiger partial charge is 0.0287 e. The molecular formula is C20H11I. The van der Waals surface area contributed by atoms with Gasteiger partial charge in [-0.05, 0) is 65.7 Å². The summed E-state index contributed by atoms with van der Waals surface area (Å²) in [4.78, 5) is 0. The minimum Gasteiger partial charge on any atom is -0.0616 e. The largest absolute Gasteiger partial charge is 0.0616 e. The Morgan fingerprint density at radius 3 is 1.90 bits per heavy atom. The summed E-state index contributed by atoms with van der Waals surface area (Å²) in [7, 11) is 0. The zero-order valence-corrected chi connectivity index (χ0v) is 13.4. The Labute approximate surface area is 135 Å². The molecule has 0 spiro atoms. The van der Waals surface area contributed by atoms with Crippen LogP contribution in [-0.4, -0.2) is 0 Å². The SMILES string of the molecule is Ic1c2ccccc2c2ccc3cccc4ccc1c2c43. The van der Waals surface area contributed by atoms with Crippen LogP contribution in [0.25, 0.3) is 43.1 Å². The Morgan fingerprint density at radius 2 is 1.14 bits per heavy atom. The zero-order chi connectivity index (χ0) is 14.0. The molecule has 0 atom stereocenters. The highest BCUT2D eigenvalue weighted by Gasteiger charge is 2.13. The van der Waals surface area contributed by atoms with Crippen LogP contribution in [0.5, 0.6) is 0 Å². The summed E-state index contributed by atoms with van der Waals surface area (Å²) in [6.07, 6.45) is 0. The van der Waals surface area contributed by atoms with Crippen LogP contribution in [0.3, 0.4) is 0 Å². The lowest BCUT2D eigenvalue weighted by Crippen LogP contribution is -1.88. The Bertz CT molecular complexity index is 1120. The first kappa shape index (κ1) is 11.8. The lowest BCUT2D eigenvalue weighted by atomic mass is 9.91. The Balaban J connectivity index is 2.26. The maximum absolute atomic E-state index is 2.50. The summed E-state index contributed by atoms with van der Waals surface area (Å²) in [5.74, 6) is 0. The van der Waals surface area contributed by atoms with Crippen LogP contribution in [0.1, 0.15) is 0 Å².